The van der Waals surface area contributed by atoms with Gasteiger partial charge in [-0.05, 0) is 26.4 Å². The van der Waals surface area contributed by atoms with Crippen molar-refractivity contribution < 1.29 is 5.11 Å². The first-order valence-corrected chi connectivity index (χ1v) is 6.58. The third-order valence-corrected chi connectivity index (χ3v) is 4.03. The highest BCUT2D eigenvalue weighted by Gasteiger charge is 2.29. The Morgan fingerprint density at radius 3 is 2.94 bits per heavy atom. The van der Waals surface area contributed by atoms with E-state index in [1.54, 1.807) is 0 Å². The van der Waals surface area contributed by atoms with E-state index in [2.05, 4.69) is 15.1 Å². The standard InChI is InChI=1S/C12H25N3O/c1-13-11(10-16)8-14-6-7-15-5-3-2-4-12(15)9-14/h11-13,16H,2-10H2,1H3. The number of hydrogen-bond donors (Lipinski definition) is 2. The lowest BCUT2D eigenvalue weighted by atomic mass is 9.99. The van der Waals surface area contributed by atoms with Crippen LogP contribution < -0.4 is 5.32 Å². The minimum atomic E-state index is 0.232. The van der Waals surface area contributed by atoms with Gasteiger partial charge in [-0.25, -0.2) is 0 Å². The number of aliphatic hydroxyl groups excluding tert-OH is 1. The fourth-order valence-electron chi connectivity index (χ4n) is 2.94. The summed E-state index contributed by atoms with van der Waals surface area (Å²) in [4.78, 5) is 5.15. The Hall–Kier alpha value is -0.160. The van der Waals surface area contributed by atoms with Crippen LogP contribution in [-0.2, 0) is 0 Å². The molecule has 0 aliphatic carbocycles. The average Bonchev–Trinajstić information content (AvgIpc) is 2.35. The first kappa shape index (κ1) is 12.3. The van der Waals surface area contributed by atoms with E-state index in [0.29, 0.717) is 0 Å². The van der Waals surface area contributed by atoms with Gasteiger partial charge in [0.15, 0.2) is 0 Å². The Morgan fingerprint density at radius 2 is 2.19 bits per heavy atom. The molecule has 0 aromatic carbocycles. The summed E-state index contributed by atoms with van der Waals surface area (Å²) in [6, 6.07) is 1.01. The maximum absolute atomic E-state index is 9.19. The minimum Gasteiger partial charge on any atom is -0.395 e. The van der Waals surface area contributed by atoms with Crippen molar-refractivity contribution >= 4 is 0 Å². The minimum absolute atomic E-state index is 0.232. The molecule has 4 heteroatoms. The number of nitrogens with one attached hydrogen (secondary N) is 1. The Morgan fingerprint density at radius 1 is 1.31 bits per heavy atom. The second-order valence-corrected chi connectivity index (χ2v) is 5.11. The van der Waals surface area contributed by atoms with Crippen LogP contribution in [0.2, 0.25) is 0 Å². The number of hydrogen-bond acceptors (Lipinski definition) is 4. The fraction of sp³-hybridized carbons (Fsp3) is 1.00. The Bertz CT molecular complexity index is 208. The van der Waals surface area contributed by atoms with Crippen molar-refractivity contribution in [3.63, 3.8) is 0 Å². The molecule has 0 radical (unpaired) electrons. The van der Waals surface area contributed by atoms with Crippen molar-refractivity contribution in [2.24, 2.45) is 0 Å². The molecule has 0 spiro atoms. The molecule has 94 valence electrons. The van der Waals surface area contributed by atoms with Crippen molar-refractivity contribution in [1.29, 1.82) is 0 Å². The van der Waals surface area contributed by atoms with E-state index in [9.17, 15) is 5.11 Å². The molecule has 0 amide bonds. The maximum atomic E-state index is 9.19. The van der Waals surface area contributed by atoms with Crippen molar-refractivity contribution in [3.8, 4) is 0 Å². The highest BCUT2D eigenvalue weighted by molar-refractivity contribution is 4.86. The summed E-state index contributed by atoms with van der Waals surface area (Å²) in [5.74, 6) is 0. The molecule has 4 nitrogen and oxygen atoms in total. The highest BCUT2D eigenvalue weighted by Crippen LogP contribution is 2.20. The van der Waals surface area contributed by atoms with E-state index in [1.807, 2.05) is 7.05 Å². The Balaban J connectivity index is 1.80. The van der Waals surface area contributed by atoms with Crippen molar-refractivity contribution in [3.05, 3.63) is 0 Å². The molecule has 2 atom stereocenters. The zero-order valence-electron chi connectivity index (χ0n) is 10.4. The second kappa shape index (κ2) is 5.96. The van der Waals surface area contributed by atoms with E-state index < -0.39 is 0 Å². The fourth-order valence-corrected chi connectivity index (χ4v) is 2.94. The van der Waals surface area contributed by atoms with Gasteiger partial charge in [-0.1, -0.05) is 6.42 Å². The molecule has 0 aromatic rings. The van der Waals surface area contributed by atoms with Crippen LogP contribution in [0.5, 0.6) is 0 Å². The van der Waals surface area contributed by atoms with Crippen LogP contribution in [0, 0.1) is 0 Å². The van der Waals surface area contributed by atoms with E-state index in [4.69, 9.17) is 0 Å². The number of likely N-dealkylation sites (N-methyl/N-ethyl adjacent to an activating group) is 1. The molecule has 2 rings (SSSR count). The number of rotatable bonds is 4. The molecular formula is C12H25N3O. The third kappa shape index (κ3) is 2.94. The van der Waals surface area contributed by atoms with Crippen molar-refractivity contribution in [2.45, 2.75) is 31.3 Å². The Labute approximate surface area is 98.6 Å². The maximum Gasteiger partial charge on any atom is 0.0597 e. The zero-order chi connectivity index (χ0) is 11.4. The second-order valence-electron chi connectivity index (χ2n) is 5.11. The van der Waals surface area contributed by atoms with Crippen molar-refractivity contribution in [1.82, 2.24) is 15.1 Å². The first-order valence-electron chi connectivity index (χ1n) is 6.58. The SMILES string of the molecule is CNC(CO)CN1CCN2CCCCC2C1. The normalized spacial score (nSPS) is 30.0. The monoisotopic (exact) mass is 227 g/mol. The first-order chi connectivity index (χ1) is 7.83. The molecule has 2 aliphatic heterocycles. The summed E-state index contributed by atoms with van der Waals surface area (Å²) in [6.45, 7) is 6.09. The quantitative estimate of drug-likeness (QED) is 0.694. The largest absolute Gasteiger partial charge is 0.395 e. The molecule has 2 heterocycles. The van der Waals surface area contributed by atoms with Crippen molar-refractivity contribution in [2.75, 3.05) is 46.4 Å². The van der Waals surface area contributed by atoms with Gasteiger partial charge in [-0.3, -0.25) is 9.80 Å². The van der Waals surface area contributed by atoms with E-state index >= 15 is 0 Å². The van der Waals surface area contributed by atoms with Gasteiger partial charge in [0, 0.05) is 38.3 Å². The summed E-state index contributed by atoms with van der Waals surface area (Å²) in [7, 11) is 1.93. The van der Waals surface area contributed by atoms with Crippen LogP contribution in [0.4, 0.5) is 0 Å². The van der Waals surface area contributed by atoms with E-state index in [1.165, 1.54) is 38.9 Å². The smallest absolute Gasteiger partial charge is 0.0597 e. The average molecular weight is 227 g/mol. The molecule has 2 N–H and O–H groups in total. The number of piperidine rings is 1. The molecule has 0 saturated carbocycles. The van der Waals surface area contributed by atoms with Gasteiger partial charge in [0.05, 0.1) is 6.61 Å². The van der Waals surface area contributed by atoms with Gasteiger partial charge >= 0.3 is 0 Å². The van der Waals surface area contributed by atoms with Crippen LogP contribution in [0.3, 0.4) is 0 Å². The lowest BCUT2D eigenvalue weighted by Gasteiger charge is -2.44. The molecule has 2 unspecified atom stereocenters. The number of aliphatic hydroxyl groups is 1. The van der Waals surface area contributed by atoms with Crippen LogP contribution in [0.1, 0.15) is 19.3 Å². The summed E-state index contributed by atoms with van der Waals surface area (Å²) < 4.78 is 0. The van der Waals surface area contributed by atoms with Crippen LogP contribution >= 0.6 is 0 Å². The van der Waals surface area contributed by atoms with Gasteiger partial charge in [-0.15, -0.1) is 0 Å². The third-order valence-electron chi connectivity index (χ3n) is 4.03. The number of piperazine rings is 1. The zero-order valence-corrected chi connectivity index (χ0v) is 10.4. The molecule has 2 fully saturated rings. The van der Waals surface area contributed by atoms with E-state index in [0.717, 1.165) is 19.1 Å². The predicted molar refractivity (Wildman–Crippen MR) is 65.6 cm³/mol. The van der Waals surface area contributed by atoms with Crippen LogP contribution in [0.15, 0.2) is 0 Å². The summed E-state index contributed by atoms with van der Waals surface area (Å²) in [5, 5.41) is 12.4. The van der Waals surface area contributed by atoms with Crippen LogP contribution in [-0.4, -0.2) is 73.4 Å². The van der Waals surface area contributed by atoms with Crippen LogP contribution in [0.25, 0.3) is 0 Å². The van der Waals surface area contributed by atoms with Gasteiger partial charge < -0.3 is 10.4 Å². The van der Waals surface area contributed by atoms with Gasteiger partial charge in [-0.2, -0.15) is 0 Å². The molecule has 0 aromatic heterocycles. The molecule has 0 bridgehead atoms. The molecular weight excluding hydrogens is 202 g/mol. The lowest BCUT2D eigenvalue weighted by Crippen LogP contribution is -2.57. The predicted octanol–water partition coefficient (Wildman–Crippen LogP) is -0.263. The van der Waals surface area contributed by atoms with Gasteiger partial charge in [0.1, 0.15) is 0 Å². The number of nitrogens with zero attached hydrogens (tertiary/aromatic N) is 2. The number of fused-ring (bicyclic) bond motifs is 1. The Kier molecular flexibility index (Phi) is 4.58. The summed E-state index contributed by atoms with van der Waals surface area (Å²) >= 11 is 0. The topological polar surface area (TPSA) is 38.7 Å². The lowest BCUT2D eigenvalue weighted by molar-refractivity contribution is 0.0413. The van der Waals surface area contributed by atoms with E-state index in [-0.39, 0.29) is 12.6 Å². The molecule has 2 saturated heterocycles. The molecule has 16 heavy (non-hydrogen) atoms. The van der Waals surface area contributed by atoms with Gasteiger partial charge in [0.25, 0.3) is 0 Å². The highest BCUT2D eigenvalue weighted by atomic mass is 16.3. The molecule has 2 aliphatic rings. The summed E-state index contributed by atoms with van der Waals surface area (Å²) in [5.41, 5.74) is 0. The van der Waals surface area contributed by atoms with Gasteiger partial charge in [0.2, 0.25) is 0 Å². The summed E-state index contributed by atoms with van der Waals surface area (Å²) in [6.07, 6.45) is 4.14.